The Labute approximate surface area is 79.7 Å². The molecule has 0 aliphatic heterocycles. The molecule has 0 N–H and O–H groups in total. The van der Waals surface area contributed by atoms with Crippen LogP contribution in [0, 0.1) is 0 Å². The molecule has 0 saturated carbocycles. The van der Waals surface area contributed by atoms with E-state index in [2.05, 4.69) is 10.1 Å². The van der Waals surface area contributed by atoms with Crippen LogP contribution in [0.4, 0.5) is 0 Å². The van der Waals surface area contributed by atoms with Crippen molar-refractivity contribution in [2.75, 3.05) is 0 Å². The van der Waals surface area contributed by atoms with Gasteiger partial charge < -0.3 is 8.94 Å². The fourth-order valence-electron chi connectivity index (χ4n) is 1.05. The first-order valence-electron chi connectivity index (χ1n) is 4.11. The van der Waals surface area contributed by atoms with Gasteiger partial charge in [-0.2, -0.15) is 4.98 Å². The molecule has 5 nitrogen and oxygen atoms in total. The van der Waals surface area contributed by atoms with E-state index in [-0.39, 0.29) is 12.2 Å². The predicted octanol–water partition coefficient (Wildman–Crippen LogP) is 1.46. The first kappa shape index (κ1) is 8.68. The molecule has 5 heteroatoms. The van der Waals surface area contributed by atoms with Crippen molar-refractivity contribution in [2.45, 2.75) is 13.3 Å². The molecule has 14 heavy (non-hydrogen) atoms. The monoisotopic (exact) mass is 192 g/mol. The summed E-state index contributed by atoms with van der Waals surface area (Å²) in [5, 5.41) is 3.68. The lowest BCUT2D eigenvalue weighted by atomic mass is 10.3. The average Bonchev–Trinajstić information content (AvgIpc) is 2.69. The third kappa shape index (κ3) is 1.71. The fourth-order valence-corrected chi connectivity index (χ4v) is 1.05. The fraction of sp³-hybridized carbons (Fsp3) is 0.222. The average molecular weight is 192 g/mol. The molecule has 0 aliphatic carbocycles. The predicted molar refractivity (Wildman–Crippen MR) is 46.4 cm³/mol. The van der Waals surface area contributed by atoms with E-state index >= 15 is 0 Å². The second kappa shape index (κ2) is 3.45. The summed E-state index contributed by atoms with van der Waals surface area (Å²) in [4.78, 5) is 14.8. The summed E-state index contributed by atoms with van der Waals surface area (Å²) in [7, 11) is 0. The van der Waals surface area contributed by atoms with E-state index in [1.807, 2.05) is 0 Å². The van der Waals surface area contributed by atoms with Crippen LogP contribution >= 0.6 is 0 Å². The van der Waals surface area contributed by atoms with Crippen molar-refractivity contribution in [1.29, 1.82) is 0 Å². The second-order valence-corrected chi connectivity index (χ2v) is 2.87. The normalized spacial score (nSPS) is 10.4. The smallest absolute Gasteiger partial charge is 0.238 e. The highest BCUT2D eigenvalue weighted by molar-refractivity contribution is 5.77. The lowest BCUT2D eigenvalue weighted by Gasteiger charge is -1.84. The Hall–Kier alpha value is -1.91. The van der Waals surface area contributed by atoms with Crippen molar-refractivity contribution in [2.24, 2.45) is 0 Å². The molecule has 0 atom stereocenters. The van der Waals surface area contributed by atoms with E-state index in [1.165, 1.54) is 13.2 Å². The van der Waals surface area contributed by atoms with Crippen molar-refractivity contribution < 1.29 is 13.7 Å². The summed E-state index contributed by atoms with van der Waals surface area (Å²) in [6.07, 6.45) is 1.68. The van der Waals surface area contributed by atoms with Gasteiger partial charge in [-0.3, -0.25) is 4.79 Å². The van der Waals surface area contributed by atoms with Gasteiger partial charge in [0.25, 0.3) is 0 Å². The Balaban J connectivity index is 2.22. The summed E-state index contributed by atoms with van der Waals surface area (Å²) in [6.45, 7) is 1.47. The molecule has 2 heterocycles. The molecular weight excluding hydrogens is 184 g/mol. The summed E-state index contributed by atoms with van der Waals surface area (Å²) in [5.41, 5.74) is 0. The molecule has 2 aromatic heterocycles. The quantitative estimate of drug-likeness (QED) is 0.736. The highest BCUT2D eigenvalue weighted by Gasteiger charge is 2.11. The summed E-state index contributed by atoms with van der Waals surface area (Å²) in [6, 6.07) is 3.46. The zero-order valence-electron chi connectivity index (χ0n) is 7.56. The van der Waals surface area contributed by atoms with Crippen LogP contribution in [0.1, 0.15) is 12.8 Å². The van der Waals surface area contributed by atoms with E-state index in [0.29, 0.717) is 17.5 Å². The largest absolute Gasteiger partial charge is 0.461 e. The SMILES string of the molecule is CC(=O)Cc1nc(-c2ccco2)no1. The van der Waals surface area contributed by atoms with Crippen molar-refractivity contribution >= 4 is 5.78 Å². The van der Waals surface area contributed by atoms with E-state index in [4.69, 9.17) is 8.94 Å². The van der Waals surface area contributed by atoms with E-state index in [9.17, 15) is 4.79 Å². The Morgan fingerprint density at radius 3 is 3.07 bits per heavy atom. The topological polar surface area (TPSA) is 69.1 Å². The number of hydrogen-bond acceptors (Lipinski definition) is 5. The Morgan fingerprint density at radius 2 is 2.43 bits per heavy atom. The van der Waals surface area contributed by atoms with Crippen molar-refractivity contribution in [1.82, 2.24) is 10.1 Å². The van der Waals surface area contributed by atoms with Crippen LogP contribution in [-0.2, 0) is 11.2 Å². The molecule has 72 valence electrons. The van der Waals surface area contributed by atoms with Gasteiger partial charge in [0, 0.05) is 0 Å². The number of Topliss-reactive ketones (excluding diaryl/α,β-unsaturated/α-hetero) is 1. The first-order valence-corrected chi connectivity index (χ1v) is 4.11. The van der Waals surface area contributed by atoms with Crippen LogP contribution in [-0.4, -0.2) is 15.9 Å². The molecule has 0 unspecified atom stereocenters. The third-order valence-corrected chi connectivity index (χ3v) is 1.61. The second-order valence-electron chi connectivity index (χ2n) is 2.87. The maximum Gasteiger partial charge on any atom is 0.238 e. The number of carbonyl (C=O) groups is 1. The number of ketones is 1. The third-order valence-electron chi connectivity index (χ3n) is 1.61. The van der Waals surface area contributed by atoms with Crippen molar-refractivity contribution in [3.63, 3.8) is 0 Å². The Bertz CT molecular complexity index is 431. The highest BCUT2D eigenvalue weighted by atomic mass is 16.5. The van der Waals surface area contributed by atoms with Crippen LogP contribution in [0.5, 0.6) is 0 Å². The van der Waals surface area contributed by atoms with Crippen LogP contribution in [0.3, 0.4) is 0 Å². The number of nitrogens with zero attached hydrogens (tertiary/aromatic N) is 2. The van der Waals surface area contributed by atoms with E-state index in [0.717, 1.165) is 0 Å². The molecule has 0 radical (unpaired) electrons. The van der Waals surface area contributed by atoms with E-state index in [1.54, 1.807) is 12.1 Å². The zero-order chi connectivity index (χ0) is 9.97. The summed E-state index contributed by atoms with van der Waals surface area (Å²) in [5.74, 6) is 1.19. The van der Waals surface area contributed by atoms with E-state index < -0.39 is 0 Å². The van der Waals surface area contributed by atoms with Crippen LogP contribution in [0.15, 0.2) is 27.3 Å². The number of rotatable bonds is 3. The molecule has 0 aliphatic rings. The van der Waals surface area contributed by atoms with Gasteiger partial charge in [-0.05, 0) is 19.1 Å². The molecular formula is C9H8N2O3. The zero-order valence-corrected chi connectivity index (χ0v) is 7.56. The molecule has 0 bridgehead atoms. The van der Waals surface area contributed by atoms with Gasteiger partial charge in [0.15, 0.2) is 5.76 Å². The molecule has 2 rings (SSSR count). The highest BCUT2D eigenvalue weighted by Crippen LogP contribution is 2.15. The summed E-state index contributed by atoms with van der Waals surface area (Å²) < 4.78 is 9.93. The maximum atomic E-state index is 10.8. The number of furan rings is 1. The number of aromatic nitrogens is 2. The molecule has 0 amide bonds. The number of hydrogen-bond donors (Lipinski definition) is 0. The Morgan fingerprint density at radius 1 is 1.57 bits per heavy atom. The minimum atomic E-state index is -0.0142. The molecule has 0 aromatic carbocycles. The minimum absolute atomic E-state index is 0.0142. The molecule has 2 aromatic rings. The van der Waals surface area contributed by atoms with Crippen molar-refractivity contribution in [3.05, 3.63) is 24.3 Å². The number of carbonyl (C=O) groups excluding carboxylic acids is 1. The van der Waals surface area contributed by atoms with Gasteiger partial charge >= 0.3 is 0 Å². The van der Waals surface area contributed by atoms with Gasteiger partial charge in [-0.15, -0.1) is 0 Å². The molecule has 0 saturated heterocycles. The van der Waals surface area contributed by atoms with Crippen LogP contribution < -0.4 is 0 Å². The summed E-state index contributed by atoms with van der Waals surface area (Å²) >= 11 is 0. The van der Waals surface area contributed by atoms with Crippen molar-refractivity contribution in [3.8, 4) is 11.6 Å². The lowest BCUT2D eigenvalue weighted by Crippen LogP contribution is -1.95. The van der Waals surface area contributed by atoms with Gasteiger partial charge in [0.1, 0.15) is 5.78 Å². The lowest BCUT2D eigenvalue weighted by molar-refractivity contribution is -0.116. The van der Waals surface area contributed by atoms with Gasteiger partial charge in [-0.25, -0.2) is 0 Å². The maximum absolute atomic E-state index is 10.8. The van der Waals surface area contributed by atoms with Crippen LogP contribution in [0.25, 0.3) is 11.6 Å². The van der Waals surface area contributed by atoms with Gasteiger partial charge in [0.2, 0.25) is 11.7 Å². The van der Waals surface area contributed by atoms with Gasteiger partial charge in [-0.1, -0.05) is 5.16 Å². The first-order chi connectivity index (χ1) is 6.75. The minimum Gasteiger partial charge on any atom is -0.461 e. The Kier molecular flexibility index (Phi) is 2.14. The van der Waals surface area contributed by atoms with Crippen LogP contribution in [0.2, 0.25) is 0 Å². The molecule has 0 spiro atoms. The molecule has 0 fully saturated rings. The standard InChI is InChI=1S/C9H8N2O3/c1-6(12)5-8-10-9(11-14-8)7-3-2-4-13-7/h2-4H,5H2,1H3. The van der Waals surface area contributed by atoms with Gasteiger partial charge in [0.05, 0.1) is 12.7 Å².